The normalized spacial score (nSPS) is 27.6. The monoisotopic (exact) mass is 557 g/mol. The molecule has 1 aliphatic carbocycles. The number of ether oxygens (including phenoxy) is 3. The number of rotatable bonds is 17. The zero-order chi connectivity index (χ0) is 27.8. The van der Waals surface area contributed by atoms with Crippen molar-refractivity contribution in [2.45, 2.75) is 114 Å². The van der Waals surface area contributed by atoms with Crippen molar-refractivity contribution in [2.75, 3.05) is 18.2 Å². The van der Waals surface area contributed by atoms with Crippen molar-refractivity contribution in [2.24, 2.45) is 5.92 Å². The summed E-state index contributed by atoms with van der Waals surface area (Å²) in [5, 5.41) is 0. The van der Waals surface area contributed by atoms with Crippen molar-refractivity contribution < 1.29 is 28.2 Å². The number of esters is 2. The number of hydrogen-bond acceptors (Lipinski definition) is 8. The summed E-state index contributed by atoms with van der Waals surface area (Å²) >= 11 is 6.21. The summed E-state index contributed by atoms with van der Waals surface area (Å²) in [4.78, 5) is 41.4. The molecule has 9 nitrogen and oxygen atoms in total. The summed E-state index contributed by atoms with van der Waals surface area (Å²) in [6.07, 6.45) is 7.71. The van der Waals surface area contributed by atoms with E-state index in [1.807, 2.05) is 0 Å². The Labute approximate surface area is 228 Å². The zero-order valence-corrected chi connectivity index (χ0v) is 23.2. The van der Waals surface area contributed by atoms with Crippen molar-refractivity contribution in [3.05, 3.63) is 22.7 Å². The lowest BCUT2D eigenvalue weighted by Gasteiger charge is -2.24. The summed E-state index contributed by atoms with van der Waals surface area (Å²) in [6, 6.07) is 1.35. The molecule has 1 aliphatic heterocycles. The number of nitrogen functional groups attached to an aromatic ring is 1. The number of carbonyl (C=O) groups excluding carboxylic acids is 2. The Morgan fingerprint density at radius 2 is 1.68 bits per heavy atom. The van der Waals surface area contributed by atoms with E-state index >= 15 is 4.39 Å². The van der Waals surface area contributed by atoms with Gasteiger partial charge in [0, 0.05) is 24.9 Å². The lowest BCUT2D eigenvalue weighted by atomic mass is 10.1. The zero-order valence-electron chi connectivity index (χ0n) is 22.5. The molecule has 2 N–H and O–H groups in total. The molecule has 0 spiro atoms. The molecule has 1 saturated carbocycles. The van der Waals surface area contributed by atoms with Crippen LogP contribution >= 0.6 is 11.6 Å². The highest BCUT2D eigenvalue weighted by molar-refractivity contribution is 6.18. The van der Waals surface area contributed by atoms with Gasteiger partial charge in [-0.1, -0.05) is 65.2 Å². The second kappa shape index (κ2) is 13.7. The quantitative estimate of drug-likeness (QED) is 0.164. The molecule has 1 aromatic rings. The highest BCUT2D eigenvalue weighted by Crippen LogP contribution is 2.70. The van der Waals surface area contributed by atoms with E-state index in [1.54, 1.807) is 0 Å². The van der Waals surface area contributed by atoms with E-state index in [0.717, 1.165) is 55.9 Å². The molecule has 0 aromatic carbocycles. The van der Waals surface area contributed by atoms with Crippen LogP contribution in [0.4, 0.5) is 10.2 Å². The van der Waals surface area contributed by atoms with Gasteiger partial charge in [0.05, 0.1) is 5.92 Å². The second-order valence-corrected chi connectivity index (χ2v) is 10.6. The van der Waals surface area contributed by atoms with Gasteiger partial charge in [0.25, 0.3) is 0 Å². The molecule has 11 heteroatoms. The van der Waals surface area contributed by atoms with E-state index < -0.39 is 47.1 Å². The van der Waals surface area contributed by atoms with Crippen LogP contribution in [0.5, 0.6) is 0 Å². The van der Waals surface area contributed by atoms with E-state index in [9.17, 15) is 14.4 Å². The van der Waals surface area contributed by atoms with Gasteiger partial charge in [-0.15, -0.1) is 11.6 Å². The Bertz CT molecular complexity index is 1010. The molecule has 5 atom stereocenters. The first kappa shape index (κ1) is 30.3. The van der Waals surface area contributed by atoms with Crippen LogP contribution in [0.25, 0.3) is 0 Å². The van der Waals surface area contributed by atoms with E-state index in [0.29, 0.717) is 12.8 Å². The van der Waals surface area contributed by atoms with E-state index in [1.165, 1.54) is 12.3 Å². The molecule has 0 amide bonds. The molecular formula is C27H41ClFN3O6. The highest BCUT2D eigenvalue weighted by atomic mass is 35.5. The maximum Gasteiger partial charge on any atom is 0.351 e. The average molecular weight is 558 g/mol. The first-order chi connectivity index (χ1) is 18.3. The fourth-order valence-electron chi connectivity index (χ4n) is 5.43. The topological polar surface area (TPSA) is 123 Å². The number of nitrogens with two attached hydrogens (primary N) is 1. The van der Waals surface area contributed by atoms with Gasteiger partial charge in [-0.05, 0) is 18.9 Å². The smallest absolute Gasteiger partial charge is 0.351 e. The summed E-state index contributed by atoms with van der Waals surface area (Å²) in [6.45, 7) is 3.88. The summed E-state index contributed by atoms with van der Waals surface area (Å²) in [7, 11) is 0. The third-order valence-corrected chi connectivity index (χ3v) is 7.94. The van der Waals surface area contributed by atoms with E-state index in [4.69, 9.17) is 31.5 Å². The van der Waals surface area contributed by atoms with Gasteiger partial charge in [0.2, 0.25) is 0 Å². The van der Waals surface area contributed by atoms with Crippen LogP contribution in [0.2, 0.25) is 0 Å². The van der Waals surface area contributed by atoms with Crippen molar-refractivity contribution in [3.63, 3.8) is 0 Å². The minimum absolute atomic E-state index is 0.0183. The average Bonchev–Trinajstić information content (AvgIpc) is 3.35. The standard InChI is InChI=1S/C27H41ClFN3O6/c1-3-5-7-9-11-13-21(33)36-18-26-19(17-28)27(26,37-22(34)14-12-10-8-6-4-2)23(29)24(38-26)32-16-15-20(30)31-25(32)35/h15-16,19,23-24H,3-14,17-18H2,1-2H3,(H2,30,31,35)/t19-,23-,24+,26-,27-/m0/s1. The van der Waals surface area contributed by atoms with Crippen LogP contribution in [-0.2, 0) is 23.8 Å². The molecule has 0 radical (unpaired) electrons. The highest BCUT2D eigenvalue weighted by Gasteiger charge is 2.91. The Morgan fingerprint density at radius 3 is 2.26 bits per heavy atom. The van der Waals surface area contributed by atoms with Gasteiger partial charge in [-0.25, -0.2) is 9.18 Å². The molecule has 0 bridgehead atoms. The fraction of sp³-hybridized carbons (Fsp3) is 0.778. The predicted octanol–water partition coefficient (Wildman–Crippen LogP) is 4.85. The van der Waals surface area contributed by atoms with Crippen LogP contribution < -0.4 is 11.4 Å². The molecule has 2 fully saturated rings. The van der Waals surface area contributed by atoms with Gasteiger partial charge in [0.15, 0.2) is 23.6 Å². The summed E-state index contributed by atoms with van der Waals surface area (Å²) < 4.78 is 34.6. The Morgan fingerprint density at radius 1 is 1.08 bits per heavy atom. The third-order valence-electron chi connectivity index (χ3n) is 7.63. The largest absolute Gasteiger partial charge is 0.462 e. The maximum absolute atomic E-state index is 16.2. The van der Waals surface area contributed by atoms with Gasteiger partial charge in [-0.2, -0.15) is 4.98 Å². The van der Waals surface area contributed by atoms with E-state index in [-0.39, 0.29) is 31.1 Å². The van der Waals surface area contributed by atoms with Gasteiger partial charge < -0.3 is 19.9 Å². The third kappa shape index (κ3) is 6.33. The minimum Gasteiger partial charge on any atom is -0.462 e. The van der Waals surface area contributed by atoms with Crippen LogP contribution in [0.15, 0.2) is 17.1 Å². The van der Waals surface area contributed by atoms with E-state index in [2.05, 4.69) is 18.8 Å². The number of aromatic nitrogens is 2. The molecule has 38 heavy (non-hydrogen) atoms. The number of anilines is 1. The van der Waals surface area contributed by atoms with Gasteiger partial charge in [0.1, 0.15) is 12.4 Å². The summed E-state index contributed by atoms with van der Waals surface area (Å²) in [5.74, 6) is -1.87. The molecule has 2 aliphatic rings. The van der Waals surface area contributed by atoms with Crippen molar-refractivity contribution in [1.82, 2.24) is 9.55 Å². The van der Waals surface area contributed by atoms with Crippen molar-refractivity contribution >= 4 is 29.4 Å². The van der Waals surface area contributed by atoms with Crippen LogP contribution in [0.1, 0.15) is 97.1 Å². The minimum atomic E-state index is -1.94. The second-order valence-electron chi connectivity index (χ2n) is 10.3. The SMILES string of the molecule is CCCCCCCC(=O)OC[C@@]12O[C@@H](n3ccc(N)nc3=O)[C@H](F)[C@@]1(OC(=O)CCCCCCC)[C@H]2CCl. The molecule has 2 heterocycles. The Kier molecular flexibility index (Phi) is 11.0. The number of alkyl halides is 2. The number of unbranched alkanes of at least 4 members (excludes halogenated alkanes) is 8. The molecule has 3 rings (SSSR count). The molecule has 1 aromatic heterocycles. The molecule has 0 unspecified atom stereocenters. The number of fused-ring (bicyclic) bond motifs is 1. The lowest BCUT2D eigenvalue weighted by Crippen LogP contribution is -2.40. The lowest BCUT2D eigenvalue weighted by molar-refractivity contribution is -0.159. The molecular weight excluding hydrogens is 517 g/mol. The molecule has 214 valence electrons. The Hall–Kier alpha value is -2.20. The predicted molar refractivity (Wildman–Crippen MR) is 141 cm³/mol. The number of halogens is 2. The number of hydrogen-bond donors (Lipinski definition) is 1. The molecule has 1 saturated heterocycles. The fourth-order valence-corrected chi connectivity index (χ4v) is 5.91. The van der Waals surface area contributed by atoms with Crippen LogP contribution in [0.3, 0.4) is 0 Å². The van der Waals surface area contributed by atoms with Gasteiger partial charge in [-0.3, -0.25) is 14.2 Å². The number of carbonyl (C=O) groups is 2. The first-order valence-corrected chi connectivity index (χ1v) is 14.4. The van der Waals surface area contributed by atoms with Crippen molar-refractivity contribution in [1.29, 1.82) is 0 Å². The van der Waals surface area contributed by atoms with Crippen LogP contribution in [-0.4, -0.2) is 51.4 Å². The van der Waals surface area contributed by atoms with Gasteiger partial charge >= 0.3 is 17.6 Å². The number of nitrogens with zero attached hydrogens (tertiary/aromatic N) is 2. The Balaban J connectivity index is 1.76. The first-order valence-electron chi connectivity index (χ1n) is 13.9. The van der Waals surface area contributed by atoms with Crippen LogP contribution in [0, 0.1) is 5.92 Å². The van der Waals surface area contributed by atoms with Crippen molar-refractivity contribution in [3.8, 4) is 0 Å². The summed E-state index contributed by atoms with van der Waals surface area (Å²) in [5.41, 5.74) is 1.49. The maximum atomic E-state index is 16.2.